The lowest BCUT2D eigenvalue weighted by Crippen LogP contribution is -2.50. The first kappa shape index (κ1) is 26.1. The first-order valence-electron chi connectivity index (χ1n) is 11.0. The van der Waals surface area contributed by atoms with Crippen molar-refractivity contribution in [3.05, 3.63) is 48.3 Å². The zero-order chi connectivity index (χ0) is 25.0. The SMILES string of the molecule is COCC(=O)N(C)C[C@H]1Oc2cc(-c3ccc(F)cc3)ccc2S(=O)(=O)N([C@@H](C)CO)C[C@H]1C. The van der Waals surface area contributed by atoms with E-state index in [0.29, 0.717) is 11.1 Å². The molecule has 0 fully saturated rings. The Labute approximate surface area is 199 Å². The largest absolute Gasteiger partial charge is 0.487 e. The fourth-order valence-corrected chi connectivity index (χ4v) is 5.70. The van der Waals surface area contributed by atoms with Crippen LogP contribution < -0.4 is 4.74 Å². The van der Waals surface area contributed by atoms with Crippen LogP contribution in [-0.2, 0) is 19.6 Å². The smallest absolute Gasteiger partial charge is 0.248 e. The van der Waals surface area contributed by atoms with E-state index in [0.717, 1.165) is 0 Å². The molecule has 34 heavy (non-hydrogen) atoms. The highest BCUT2D eigenvalue weighted by Crippen LogP contribution is 2.36. The summed E-state index contributed by atoms with van der Waals surface area (Å²) in [4.78, 5) is 13.8. The highest BCUT2D eigenvalue weighted by molar-refractivity contribution is 7.89. The number of hydrogen-bond donors (Lipinski definition) is 1. The topological polar surface area (TPSA) is 96.4 Å². The Bertz CT molecular complexity index is 1110. The Kier molecular flexibility index (Phi) is 8.29. The van der Waals surface area contributed by atoms with Crippen LogP contribution in [-0.4, -0.2) is 81.2 Å². The number of ether oxygens (including phenoxy) is 2. The van der Waals surface area contributed by atoms with Gasteiger partial charge in [-0.25, -0.2) is 12.8 Å². The average molecular weight is 495 g/mol. The molecule has 3 rings (SSSR count). The molecule has 0 saturated heterocycles. The molecule has 1 N–H and O–H groups in total. The Balaban J connectivity index is 2.08. The Morgan fingerprint density at radius 2 is 1.91 bits per heavy atom. The molecular weight excluding hydrogens is 463 g/mol. The summed E-state index contributed by atoms with van der Waals surface area (Å²) in [5.74, 6) is -0.765. The standard InChI is InChI=1S/C24H31FN2O6S/c1-16-12-27(17(2)14-28)34(30,31)23-10-7-19(18-5-8-20(25)9-6-18)11-21(23)33-22(16)13-26(3)24(29)15-32-4/h5-11,16-17,22,28H,12-15H2,1-4H3/t16-,17+,22-/m1/s1. The number of benzene rings is 2. The molecule has 0 saturated carbocycles. The monoisotopic (exact) mass is 494 g/mol. The van der Waals surface area contributed by atoms with E-state index >= 15 is 0 Å². The van der Waals surface area contributed by atoms with Crippen molar-refractivity contribution in [1.82, 2.24) is 9.21 Å². The second-order valence-corrected chi connectivity index (χ2v) is 10.5. The summed E-state index contributed by atoms with van der Waals surface area (Å²) >= 11 is 0. The molecule has 1 amide bonds. The van der Waals surface area contributed by atoms with E-state index < -0.39 is 22.2 Å². The number of likely N-dealkylation sites (N-methyl/N-ethyl adjacent to an activating group) is 1. The molecule has 3 atom stereocenters. The third kappa shape index (κ3) is 5.57. The van der Waals surface area contributed by atoms with Crippen molar-refractivity contribution in [3.63, 3.8) is 0 Å². The Morgan fingerprint density at radius 1 is 1.26 bits per heavy atom. The van der Waals surface area contributed by atoms with Crippen LogP contribution in [0.15, 0.2) is 47.4 Å². The Hall–Kier alpha value is -2.53. The number of halogens is 1. The minimum atomic E-state index is -3.98. The van der Waals surface area contributed by atoms with Crippen molar-refractivity contribution in [2.45, 2.75) is 30.9 Å². The second-order valence-electron chi connectivity index (χ2n) is 8.62. The number of rotatable bonds is 7. The fraction of sp³-hybridized carbons (Fsp3) is 0.458. The van der Waals surface area contributed by atoms with Crippen molar-refractivity contribution < 1.29 is 32.2 Å². The summed E-state index contributed by atoms with van der Waals surface area (Å²) in [6, 6.07) is 9.94. The van der Waals surface area contributed by atoms with Crippen LogP contribution >= 0.6 is 0 Å². The van der Waals surface area contributed by atoms with Gasteiger partial charge in [-0.05, 0) is 42.3 Å². The zero-order valence-corrected chi connectivity index (χ0v) is 20.6. The molecule has 0 radical (unpaired) electrons. The lowest BCUT2D eigenvalue weighted by Gasteiger charge is -2.37. The summed E-state index contributed by atoms with van der Waals surface area (Å²) in [6.07, 6.45) is -0.531. The highest BCUT2D eigenvalue weighted by atomic mass is 32.2. The molecule has 0 unspecified atom stereocenters. The zero-order valence-electron chi connectivity index (χ0n) is 19.8. The third-order valence-corrected chi connectivity index (χ3v) is 8.01. The molecule has 8 nitrogen and oxygen atoms in total. The van der Waals surface area contributed by atoms with Crippen LogP contribution in [0, 0.1) is 11.7 Å². The van der Waals surface area contributed by atoms with Gasteiger partial charge in [0.2, 0.25) is 15.9 Å². The van der Waals surface area contributed by atoms with Crippen LogP contribution in [0.5, 0.6) is 5.75 Å². The first-order chi connectivity index (χ1) is 16.1. The third-order valence-electron chi connectivity index (χ3n) is 5.99. The van der Waals surface area contributed by atoms with E-state index in [2.05, 4.69) is 0 Å². The number of carbonyl (C=O) groups excluding carboxylic acids is 1. The molecule has 1 heterocycles. The fourth-order valence-electron chi connectivity index (χ4n) is 3.87. The van der Waals surface area contributed by atoms with Gasteiger partial charge in [-0.3, -0.25) is 4.79 Å². The Morgan fingerprint density at radius 3 is 2.53 bits per heavy atom. The van der Waals surface area contributed by atoms with Crippen LogP contribution in [0.1, 0.15) is 13.8 Å². The quantitative estimate of drug-likeness (QED) is 0.635. The first-order valence-corrected chi connectivity index (χ1v) is 12.4. The van der Waals surface area contributed by atoms with Crippen LogP contribution in [0.4, 0.5) is 4.39 Å². The molecule has 0 aromatic heterocycles. The molecule has 2 aromatic rings. The van der Waals surface area contributed by atoms with Gasteiger partial charge in [0.05, 0.1) is 13.2 Å². The van der Waals surface area contributed by atoms with Gasteiger partial charge in [-0.15, -0.1) is 0 Å². The minimum Gasteiger partial charge on any atom is -0.487 e. The molecule has 0 spiro atoms. The number of sulfonamides is 1. The number of aliphatic hydroxyl groups excluding tert-OH is 1. The lowest BCUT2D eigenvalue weighted by molar-refractivity contribution is -0.135. The van der Waals surface area contributed by atoms with Crippen molar-refractivity contribution in [1.29, 1.82) is 0 Å². The van der Waals surface area contributed by atoms with Crippen LogP contribution in [0.3, 0.4) is 0 Å². The summed E-state index contributed by atoms with van der Waals surface area (Å²) in [7, 11) is -0.908. The normalized spacial score (nSPS) is 21.0. The highest BCUT2D eigenvalue weighted by Gasteiger charge is 2.38. The van der Waals surface area contributed by atoms with Gasteiger partial charge in [-0.1, -0.05) is 25.1 Å². The van der Waals surface area contributed by atoms with Crippen molar-refractivity contribution >= 4 is 15.9 Å². The van der Waals surface area contributed by atoms with E-state index in [1.165, 1.54) is 34.5 Å². The summed E-state index contributed by atoms with van der Waals surface area (Å²) < 4.78 is 52.9. The number of methoxy groups -OCH3 is 1. The van der Waals surface area contributed by atoms with Gasteiger partial charge in [-0.2, -0.15) is 4.31 Å². The number of carbonyl (C=O) groups is 1. The molecule has 0 bridgehead atoms. The number of hydrogen-bond acceptors (Lipinski definition) is 6. The summed E-state index contributed by atoms with van der Waals surface area (Å²) in [6.45, 7) is 3.39. The van der Waals surface area contributed by atoms with Crippen molar-refractivity contribution in [3.8, 4) is 16.9 Å². The number of fused-ring (bicyclic) bond motifs is 1. The predicted molar refractivity (Wildman–Crippen MR) is 125 cm³/mol. The van der Waals surface area contributed by atoms with E-state index in [-0.39, 0.29) is 54.6 Å². The maximum absolute atomic E-state index is 13.5. The molecule has 1 aliphatic rings. The van der Waals surface area contributed by atoms with Gasteiger partial charge in [0.1, 0.15) is 29.2 Å². The molecule has 0 aliphatic carbocycles. The molecule has 1 aliphatic heterocycles. The lowest BCUT2D eigenvalue weighted by atomic mass is 10.0. The van der Waals surface area contributed by atoms with E-state index in [9.17, 15) is 22.7 Å². The molecule has 10 heteroatoms. The van der Waals surface area contributed by atoms with Crippen molar-refractivity contribution in [2.24, 2.45) is 5.92 Å². The van der Waals surface area contributed by atoms with Crippen LogP contribution in [0.2, 0.25) is 0 Å². The van der Waals surface area contributed by atoms with Gasteiger partial charge in [0, 0.05) is 32.7 Å². The number of amides is 1. The minimum absolute atomic E-state index is 0.0265. The van der Waals surface area contributed by atoms with Gasteiger partial charge >= 0.3 is 0 Å². The predicted octanol–water partition coefficient (Wildman–Crippen LogP) is 2.37. The van der Waals surface area contributed by atoms with E-state index in [1.54, 1.807) is 38.2 Å². The number of nitrogens with zero attached hydrogens (tertiary/aromatic N) is 2. The van der Waals surface area contributed by atoms with Gasteiger partial charge in [0.25, 0.3) is 0 Å². The van der Waals surface area contributed by atoms with Gasteiger partial charge in [0.15, 0.2) is 0 Å². The summed E-state index contributed by atoms with van der Waals surface area (Å²) in [5.41, 5.74) is 1.36. The average Bonchev–Trinajstić information content (AvgIpc) is 2.81. The number of aliphatic hydroxyl groups is 1. The van der Waals surface area contributed by atoms with Crippen molar-refractivity contribution in [2.75, 3.05) is 40.5 Å². The van der Waals surface area contributed by atoms with E-state index in [4.69, 9.17) is 9.47 Å². The second kappa shape index (κ2) is 10.8. The summed E-state index contributed by atoms with van der Waals surface area (Å²) in [5, 5.41) is 9.74. The van der Waals surface area contributed by atoms with Gasteiger partial charge < -0.3 is 19.5 Å². The molecule has 186 valence electrons. The molecular formula is C24H31FN2O6S. The molecule has 2 aromatic carbocycles. The van der Waals surface area contributed by atoms with Crippen LogP contribution in [0.25, 0.3) is 11.1 Å². The maximum atomic E-state index is 13.5. The van der Waals surface area contributed by atoms with E-state index in [1.807, 2.05) is 6.92 Å². The maximum Gasteiger partial charge on any atom is 0.248 e.